The molecular formula is C28H24N8. The van der Waals surface area contributed by atoms with Crippen LogP contribution in [0.2, 0.25) is 0 Å². The van der Waals surface area contributed by atoms with Crippen LogP contribution >= 0.6 is 0 Å². The summed E-state index contributed by atoms with van der Waals surface area (Å²) in [5.74, 6) is 0. The number of nitrogens with zero attached hydrogens (tertiary/aromatic N) is 6. The van der Waals surface area contributed by atoms with E-state index in [0.29, 0.717) is 0 Å². The molecule has 0 amide bonds. The number of aromatic nitrogens is 7. The van der Waals surface area contributed by atoms with Crippen LogP contribution in [0.25, 0.3) is 55.8 Å². The van der Waals surface area contributed by atoms with Gasteiger partial charge in [-0.25, -0.2) is 4.98 Å². The van der Waals surface area contributed by atoms with Crippen LogP contribution in [0.3, 0.4) is 0 Å². The molecule has 36 heavy (non-hydrogen) atoms. The molecule has 1 aliphatic rings. The molecule has 1 aliphatic heterocycles. The first-order valence-electron chi connectivity index (χ1n) is 12.2. The number of pyridine rings is 4. The highest BCUT2D eigenvalue weighted by Crippen LogP contribution is 2.33. The molecule has 0 radical (unpaired) electrons. The number of aromatic amines is 2. The number of H-pyrrole nitrogens is 2. The number of fused-ring (bicyclic) bond motifs is 2. The Hall–Kier alpha value is -4.43. The quantitative estimate of drug-likeness (QED) is 0.357. The molecule has 176 valence electrons. The summed E-state index contributed by atoms with van der Waals surface area (Å²) in [5.41, 5.74) is 8.45. The Labute approximate surface area is 207 Å². The third-order valence-electron chi connectivity index (χ3n) is 6.86. The third-order valence-corrected chi connectivity index (χ3v) is 6.86. The van der Waals surface area contributed by atoms with Gasteiger partial charge in [0, 0.05) is 64.9 Å². The zero-order valence-electron chi connectivity index (χ0n) is 19.6. The van der Waals surface area contributed by atoms with Crippen LogP contribution in [0, 0.1) is 0 Å². The summed E-state index contributed by atoms with van der Waals surface area (Å²) in [6, 6.07) is 14.3. The van der Waals surface area contributed by atoms with E-state index in [0.717, 1.165) is 75.5 Å². The van der Waals surface area contributed by atoms with Crippen LogP contribution in [-0.4, -0.2) is 53.1 Å². The molecule has 1 fully saturated rings. The normalized spacial score (nSPS) is 14.2. The van der Waals surface area contributed by atoms with E-state index in [4.69, 9.17) is 0 Å². The van der Waals surface area contributed by atoms with Crippen LogP contribution in [0.15, 0.2) is 73.4 Å². The van der Waals surface area contributed by atoms with Gasteiger partial charge < -0.3 is 4.98 Å². The van der Waals surface area contributed by atoms with Crippen molar-refractivity contribution in [3.63, 3.8) is 0 Å². The van der Waals surface area contributed by atoms with E-state index in [-0.39, 0.29) is 0 Å². The zero-order valence-corrected chi connectivity index (χ0v) is 19.6. The summed E-state index contributed by atoms with van der Waals surface area (Å²) in [4.78, 5) is 24.3. The monoisotopic (exact) mass is 472 g/mol. The largest absolute Gasteiger partial charge is 0.353 e. The lowest BCUT2D eigenvalue weighted by molar-refractivity contribution is 0.331. The van der Waals surface area contributed by atoms with Gasteiger partial charge in [0.1, 0.15) is 5.69 Å². The van der Waals surface area contributed by atoms with Crippen LogP contribution in [-0.2, 0) is 6.54 Å². The van der Waals surface area contributed by atoms with Gasteiger partial charge in [-0.05, 0) is 67.9 Å². The van der Waals surface area contributed by atoms with Gasteiger partial charge in [-0.3, -0.25) is 25.0 Å². The average Bonchev–Trinajstić information content (AvgIpc) is 3.68. The maximum Gasteiger partial charge on any atom is 0.155 e. The molecular weight excluding hydrogens is 448 g/mol. The van der Waals surface area contributed by atoms with E-state index >= 15 is 0 Å². The van der Waals surface area contributed by atoms with Crippen LogP contribution < -0.4 is 0 Å². The number of rotatable bonds is 5. The van der Waals surface area contributed by atoms with Gasteiger partial charge in [-0.1, -0.05) is 6.07 Å². The smallest absolute Gasteiger partial charge is 0.155 e. The second kappa shape index (κ2) is 8.66. The van der Waals surface area contributed by atoms with E-state index in [1.807, 2.05) is 42.9 Å². The summed E-state index contributed by atoms with van der Waals surface area (Å²) in [6.45, 7) is 3.27. The highest BCUT2D eigenvalue weighted by atomic mass is 15.2. The van der Waals surface area contributed by atoms with Crippen molar-refractivity contribution in [1.82, 2.24) is 40.0 Å². The maximum atomic E-state index is 4.66. The molecule has 6 aromatic heterocycles. The average molecular weight is 473 g/mol. The molecule has 6 aromatic rings. The summed E-state index contributed by atoms with van der Waals surface area (Å²) in [6.07, 6.45) is 11.9. The van der Waals surface area contributed by atoms with Crippen LogP contribution in [0.4, 0.5) is 0 Å². The number of likely N-dealkylation sites (tertiary alicyclic amines) is 1. The first-order chi connectivity index (χ1) is 17.8. The van der Waals surface area contributed by atoms with Gasteiger partial charge in [-0.2, -0.15) is 5.10 Å². The number of nitrogens with one attached hydrogen (secondary N) is 2. The van der Waals surface area contributed by atoms with Gasteiger partial charge in [-0.15, -0.1) is 0 Å². The molecule has 0 aliphatic carbocycles. The van der Waals surface area contributed by atoms with Crippen molar-refractivity contribution in [3.05, 3.63) is 79.0 Å². The molecule has 8 nitrogen and oxygen atoms in total. The minimum atomic E-state index is 0.747. The predicted molar refractivity (Wildman–Crippen MR) is 140 cm³/mol. The minimum absolute atomic E-state index is 0.747. The van der Waals surface area contributed by atoms with E-state index in [2.05, 4.69) is 58.2 Å². The second-order valence-electron chi connectivity index (χ2n) is 9.28. The SMILES string of the molecule is c1ccc(-c2nccc3[nH]c(-c4n[nH]c5ncc(-c6cncc(CN7CCCC7)c6)cc45)cc23)nc1. The second-order valence-corrected chi connectivity index (χ2v) is 9.28. The fraction of sp³-hybridized carbons (Fsp3) is 0.179. The van der Waals surface area contributed by atoms with Gasteiger partial charge >= 0.3 is 0 Å². The van der Waals surface area contributed by atoms with Gasteiger partial charge in [0.25, 0.3) is 0 Å². The Kier molecular flexibility index (Phi) is 5.03. The molecule has 0 unspecified atom stereocenters. The van der Waals surface area contributed by atoms with Crippen molar-refractivity contribution < 1.29 is 0 Å². The molecule has 2 N–H and O–H groups in total. The van der Waals surface area contributed by atoms with E-state index in [1.54, 1.807) is 12.4 Å². The third kappa shape index (κ3) is 3.72. The van der Waals surface area contributed by atoms with Crippen molar-refractivity contribution in [3.8, 4) is 33.9 Å². The Morgan fingerprint density at radius 2 is 1.72 bits per heavy atom. The highest BCUT2D eigenvalue weighted by Gasteiger charge is 2.17. The molecule has 7 heterocycles. The number of hydrogen-bond acceptors (Lipinski definition) is 6. The summed E-state index contributed by atoms with van der Waals surface area (Å²) in [7, 11) is 0. The molecule has 0 atom stereocenters. The van der Waals surface area contributed by atoms with Gasteiger partial charge in [0.15, 0.2) is 5.65 Å². The first-order valence-corrected chi connectivity index (χ1v) is 12.2. The van der Waals surface area contributed by atoms with Crippen LogP contribution in [0.5, 0.6) is 0 Å². The maximum absolute atomic E-state index is 4.66. The lowest BCUT2D eigenvalue weighted by atomic mass is 10.1. The predicted octanol–water partition coefficient (Wildman–Crippen LogP) is 5.22. The van der Waals surface area contributed by atoms with Crippen molar-refractivity contribution in [1.29, 1.82) is 0 Å². The number of hydrogen-bond donors (Lipinski definition) is 2. The fourth-order valence-electron chi connectivity index (χ4n) is 5.09. The Morgan fingerprint density at radius 3 is 2.61 bits per heavy atom. The highest BCUT2D eigenvalue weighted by molar-refractivity contribution is 5.99. The molecule has 0 saturated carbocycles. The van der Waals surface area contributed by atoms with Gasteiger partial charge in [0.2, 0.25) is 0 Å². The van der Waals surface area contributed by atoms with Crippen molar-refractivity contribution in [2.45, 2.75) is 19.4 Å². The van der Waals surface area contributed by atoms with E-state index in [9.17, 15) is 0 Å². The van der Waals surface area contributed by atoms with Crippen molar-refractivity contribution in [2.24, 2.45) is 0 Å². The standard InChI is InChI=1S/C28H24N8/c1-2-7-30-24(5-1)26-21-13-25(33-23(21)6-8-31-26)27-22-12-20(16-32-28(22)35-34-27)19-11-18(14-29-15-19)17-36-9-3-4-10-36/h1-2,5-8,11-16,33H,3-4,9-10,17H2,(H,32,34,35). The Bertz CT molecular complexity index is 1680. The lowest BCUT2D eigenvalue weighted by Crippen LogP contribution is -2.18. The Morgan fingerprint density at radius 1 is 0.806 bits per heavy atom. The lowest BCUT2D eigenvalue weighted by Gasteiger charge is -2.14. The van der Waals surface area contributed by atoms with Gasteiger partial charge in [0.05, 0.1) is 17.1 Å². The minimum Gasteiger partial charge on any atom is -0.353 e. The topological polar surface area (TPSA) is 99.3 Å². The summed E-state index contributed by atoms with van der Waals surface area (Å²) >= 11 is 0. The molecule has 7 rings (SSSR count). The van der Waals surface area contributed by atoms with Crippen LogP contribution in [0.1, 0.15) is 18.4 Å². The van der Waals surface area contributed by atoms with Crippen molar-refractivity contribution >= 4 is 21.9 Å². The summed E-state index contributed by atoms with van der Waals surface area (Å²) < 4.78 is 0. The molecule has 1 saturated heterocycles. The molecule has 0 aromatic carbocycles. The van der Waals surface area contributed by atoms with Crippen molar-refractivity contribution in [2.75, 3.05) is 13.1 Å². The Balaban J connectivity index is 1.28. The van der Waals surface area contributed by atoms with E-state index in [1.165, 1.54) is 18.4 Å². The zero-order chi connectivity index (χ0) is 23.9. The summed E-state index contributed by atoms with van der Waals surface area (Å²) in [5, 5.41) is 9.65. The fourth-order valence-corrected chi connectivity index (χ4v) is 5.09. The first kappa shape index (κ1) is 20.9. The van der Waals surface area contributed by atoms with E-state index < -0.39 is 0 Å². The molecule has 8 heteroatoms. The molecule has 0 bridgehead atoms. The molecule has 0 spiro atoms.